The maximum absolute atomic E-state index is 3.99. The Labute approximate surface area is 68.5 Å². The average molecular weight is 197 g/mol. The van der Waals surface area contributed by atoms with Crippen molar-refractivity contribution < 1.29 is 0 Å². The molecule has 0 saturated heterocycles. The van der Waals surface area contributed by atoms with E-state index in [1.807, 2.05) is 0 Å². The molecule has 0 aromatic rings. The van der Waals surface area contributed by atoms with E-state index in [9.17, 15) is 0 Å². The molecular formula is C9H9Br. The number of alkyl halides is 1. The molecule has 6 aliphatic rings. The predicted octanol–water partition coefficient (Wildman–Crippen LogP) is 1.89. The third kappa shape index (κ3) is 0.166. The van der Waals surface area contributed by atoms with Gasteiger partial charge in [-0.05, 0) is 47.8 Å². The first-order chi connectivity index (χ1) is 4.84. The van der Waals surface area contributed by atoms with Gasteiger partial charge in [-0.2, -0.15) is 0 Å². The summed E-state index contributed by atoms with van der Waals surface area (Å²) in [6.07, 6.45) is 1.56. The Balaban J connectivity index is 1.92. The molecule has 6 fully saturated rings. The van der Waals surface area contributed by atoms with Crippen LogP contribution in [0.4, 0.5) is 0 Å². The van der Waals surface area contributed by atoms with Crippen molar-refractivity contribution in [2.75, 3.05) is 0 Å². The van der Waals surface area contributed by atoms with Gasteiger partial charge in [-0.3, -0.25) is 0 Å². The van der Waals surface area contributed by atoms with Crippen molar-refractivity contribution >= 4 is 15.9 Å². The largest absolute Gasteiger partial charge is 0.0847 e. The second kappa shape index (κ2) is 0.840. The maximum Gasteiger partial charge on any atom is 0.0328 e. The predicted molar refractivity (Wildman–Crippen MR) is 40.7 cm³/mol. The molecule has 0 heterocycles. The van der Waals surface area contributed by atoms with E-state index in [0.29, 0.717) is 0 Å². The smallest absolute Gasteiger partial charge is 0.0328 e. The highest BCUT2D eigenvalue weighted by atomic mass is 79.9. The Morgan fingerprint density at radius 3 is 2.10 bits per heavy atom. The first kappa shape index (κ1) is 4.49. The molecule has 2 bridgehead atoms. The van der Waals surface area contributed by atoms with Crippen LogP contribution in [0.5, 0.6) is 0 Å². The Morgan fingerprint density at radius 1 is 1.00 bits per heavy atom. The third-order valence-corrected chi connectivity index (χ3v) is 7.02. The Hall–Kier alpha value is 0.480. The van der Waals surface area contributed by atoms with Gasteiger partial charge in [-0.25, -0.2) is 0 Å². The van der Waals surface area contributed by atoms with Crippen molar-refractivity contribution in [3.05, 3.63) is 0 Å². The first-order valence-corrected chi connectivity index (χ1v) is 5.32. The lowest BCUT2D eigenvalue weighted by Gasteiger charge is -2.86. The van der Waals surface area contributed by atoms with E-state index in [1.165, 1.54) is 41.4 Å². The fraction of sp³-hybridized carbons (Fsp3) is 1.00. The van der Waals surface area contributed by atoms with Gasteiger partial charge in [0.05, 0.1) is 0 Å². The average Bonchev–Trinajstić information content (AvgIpc) is 2.09. The second-order valence-electron chi connectivity index (χ2n) is 5.16. The van der Waals surface area contributed by atoms with E-state index in [2.05, 4.69) is 15.9 Å². The summed E-state index contributed by atoms with van der Waals surface area (Å²) < 4.78 is 0.729. The van der Waals surface area contributed by atoms with E-state index in [-0.39, 0.29) is 0 Å². The van der Waals surface area contributed by atoms with Crippen LogP contribution in [-0.4, -0.2) is 4.32 Å². The van der Waals surface area contributed by atoms with Crippen LogP contribution in [0.25, 0.3) is 0 Å². The van der Waals surface area contributed by atoms with Crippen molar-refractivity contribution in [3.8, 4) is 0 Å². The van der Waals surface area contributed by atoms with Crippen molar-refractivity contribution in [1.29, 1.82) is 0 Å². The standard InChI is InChI=1S/C9H9Br/c10-9-1-2-3-5-4(2)8(9)6(5)7(3)9/h2-8H,1H2. The van der Waals surface area contributed by atoms with Gasteiger partial charge in [0, 0.05) is 4.32 Å². The zero-order chi connectivity index (χ0) is 6.25. The van der Waals surface area contributed by atoms with E-state index in [0.717, 1.165) is 4.32 Å². The second-order valence-corrected chi connectivity index (χ2v) is 6.63. The highest BCUT2D eigenvalue weighted by Crippen LogP contribution is 2.97. The summed E-state index contributed by atoms with van der Waals surface area (Å²) in [5.41, 5.74) is 0. The minimum absolute atomic E-state index is 0.729. The zero-order valence-electron chi connectivity index (χ0n) is 5.63. The van der Waals surface area contributed by atoms with E-state index >= 15 is 0 Å². The molecule has 6 saturated carbocycles. The van der Waals surface area contributed by atoms with Gasteiger partial charge in [0.15, 0.2) is 0 Å². The summed E-state index contributed by atoms with van der Waals surface area (Å²) in [6, 6.07) is 0. The molecule has 10 heavy (non-hydrogen) atoms. The SMILES string of the molecule is BrC12CC3C4C5C3C1C5C42. The fourth-order valence-electron chi connectivity index (χ4n) is 5.68. The van der Waals surface area contributed by atoms with Crippen LogP contribution < -0.4 is 0 Å². The molecule has 0 aromatic carbocycles. The summed E-state index contributed by atoms with van der Waals surface area (Å²) in [6.45, 7) is 0. The highest BCUT2D eigenvalue weighted by molar-refractivity contribution is 9.10. The van der Waals surface area contributed by atoms with Crippen LogP contribution in [0.1, 0.15) is 6.42 Å². The van der Waals surface area contributed by atoms with Crippen LogP contribution in [0, 0.1) is 41.4 Å². The lowest BCUT2D eigenvalue weighted by molar-refractivity contribution is -0.367. The highest BCUT2D eigenvalue weighted by Gasteiger charge is 2.95. The Bertz CT molecular complexity index is 252. The van der Waals surface area contributed by atoms with Crippen molar-refractivity contribution in [1.82, 2.24) is 0 Å². The molecule has 4 atom stereocenters. The number of hydrogen-bond acceptors (Lipinski definition) is 0. The summed E-state index contributed by atoms with van der Waals surface area (Å²) in [5.74, 6) is 8.56. The topological polar surface area (TPSA) is 0 Å². The van der Waals surface area contributed by atoms with Crippen molar-refractivity contribution in [3.63, 3.8) is 0 Å². The quantitative estimate of drug-likeness (QED) is 0.520. The fourth-order valence-corrected chi connectivity index (χ4v) is 7.27. The monoisotopic (exact) mass is 196 g/mol. The molecule has 0 radical (unpaired) electrons. The van der Waals surface area contributed by atoms with Crippen LogP contribution in [-0.2, 0) is 0 Å². The van der Waals surface area contributed by atoms with Crippen LogP contribution in [0.2, 0.25) is 0 Å². The minimum atomic E-state index is 0.729. The van der Waals surface area contributed by atoms with E-state index in [4.69, 9.17) is 0 Å². The summed E-state index contributed by atoms with van der Waals surface area (Å²) in [4.78, 5) is 0. The van der Waals surface area contributed by atoms with Gasteiger partial charge >= 0.3 is 0 Å². The summed E-state index contributed by atoms with van der Waals surface area (Å²) in [5, 5.41) is 0. The molecule has 4 unspecified atom stereocenters. The van der Waals surface area contributed by atoms with Crippen molar-refractivity contribution in [2.24, 2.45) is 41.4 Å². The lowest BCUT2D eigenvalue weighted by Crippen LogP contribution is -2.85. The molecule has 0 amide bonds. The molecule has 6 aliphatic carbocycles. The molecule has 0 nitrogen and oxygen atoms in total. The lowest BCUT2D eigenvalue weighted by atomic mass is 9.20. The molecule has 0 N–H and O–H groups in total. The Kier molecular flexibility index (Phi) is 0.378. The molecular weight excluding hydrogens is 188 g/mol. The molecule has 0 aliphatic heterocycles. The molecule has 1 heteroatoms. The van der Waals surface area contributed by atoms with Gasteiger partial charge in [-0.15, -0.1) is 0 Å². The third-order valence-electron chi connectivity index (χ3n) is 5.64. The first-order valence-electron chi connectivity index (χ1n) is 4.53. The zero-order valence-corrected chi connectivity index (χ0v) is 7.21. The molecule has 6 rings (SSSR count). The number of halogens is 1. The van der Waals surface area contributed by atoms with Gasteiger partial charge < -0.3 is 0 Å². The van der Waals surface area contributed by atoms with Gasteiger partial charge in [-0.1, -0.05) is 15.9 Å². The number of rotatable bonds is 0. The van der Waals surface area contributed by atoms with E-state index < -0.39 is 0 Å². The Morgan fingerprint density at radius 2 is 1.70 bits per heavy atom. The van der Waals surface area contributed by atoms with Crippen LogP contribution in [0.3, 0.4) is 0 Å². The summed E-state index contributed by atoms with van der Waals surface area (Å²) in [7, 11) is 0. The maximum atomic E-state index is 3.99. The number of hydrogen-bond donors (Lipinski definition) is 0. The molecule has 0 aromatic heterocycles. The van der Waals surface area contributed by atoms with Crippen LogP contribution >= 0.6 is 15.9 Å². The summed E-state index contributed by atoms with van der Waals surface area (Å²) >= 11 is 3.99. The van der Waals surface area contributed by atoms with Crippen molar-refractivity contribution in [2.45, 2.75) is 10.7 Å². The van der Waals surface area contributed by atoms with Gasteiger partial charge in [0.25, 0.3) is 0 Å². The van der Waals surface area contributed by atoms with Gasteiger partial charge in [0.1, 0.15) is 0 Å². The minimum Gasteiger partial charge on any atom is -0.0847 e. The normalized spacial score (nSPS) is 97.5. The van der Waals surface area contributed by atoms with Crippen LogP contribution in [0.15, 0.2) is 0 Å². The molecule has 52 valence electrons. The molecule has 0 spiro atoms. The van der Waals surface area contributed by atoms with Gasteiger partial charge in [0.2, 0.25) is 0 Å². The van der Waals surface area contributed by atoms with E-state index in [1.54, 1.807) is 6.42 Å².